The Labute approximate surface area is 168 Å². The van der Waals surface area contributed by atoms with Gasteiger partial charge in [-0.3, -0.25) is 4.79 Å². The molecule has 0 aliphatic carbocycles. The van der Waals surface area contributed by atoms with E-state index in [4.69, 9.17) is 0 Å². The Kier molecular flexibility index (Phi) is 8.53. The van der Waals surface area contributed by atoms with Gasteiger partial charge in [-0.2, -0.15) is 0 Å². The van der Waals surface area contributed by atoms with Gasteiger partial charge in [-0.1, -0.05) is 74.5 Å². The summed E-state index contributed by atoms with van der Waals surface area (Å²) in [6, 6.07) is 19.9. The molecule has 1 atom stereocenters. The summed E-state index contributed by atoms with van der Waals surface area (Å²) in [4.78, 5) is 25.9. The molecule has 0 heterocycles. The maximum atomic E-state index is 12.2. The van der Waals surface area contributed by atoms with Crippen LogP contribution in [0.25, 0.3) is 0 Å². The molecule has 0 aliphatic rings. The lowest BCUT2D eigenvalue weighted by Gasteiger charge is -2.22. The molecular formula is C23H31N3O2. The highest BCUT2D eigenvalue weighted by Gasteiger charge is 2.16. The van der Waals surface area contributed by atoms with E-state index in [2.05, 4.69) is 36.6 Å². The summed E-state index contributed by atoms with van der Waals surface area (Å²) < 4.78 is 0. The van der Waals surface area contributed by atoms with Crippen LogP contribution in [0.5, 0.6) is 0 Å². The minimum atomic E-state index is -0.180. The van der Waals surface area contributed by atoms with Gasteiger partial charge in [-0.05, 0) is 17.0 Å². The Hall–Kier alpha value is -2.82. The van der Waals surface area contributed by atoms with E-state index in [0.29, 0.717) is 25.6 Å². The first-order valence-electron chi connectivity index (χ1n) is 9.82. The zero-order valence-corrected chi connectivity index (χ0v) is 17.0. The second-order valence-electron chi connectivity index (χ2n) is 7.39. The van der Waals surface area contributed by atoms with E-state index in [1.54, 1.807) is 11.9 Å². The van der Waals surface area contributed by atoms with Crippen molar-refractivity contribution in [3.05, 3.63) is 71.8 Å². The standard InChI is InChI=1S/C23H31N3O2/c1-18(2)21(20-12-8-5-9-13-20)16-25-22(27)14-15-24-23(28)26(3)17-19-10-6-4-7-11-19/h4-13,18,21H,14-17H2,1-3H3,(H,24,28)(H,25,27). The first-order valence-corrected chi connectivity index (χ1v) is 9.82. The van der Waals surface area contributed by atoms with Crippen LogP contribution in [0.15, 0.2) is 60.7 Å². The van der Waals surface area contributed by atoms with Gasteiger partial charge in [0.1, 0.15) is 0 Å². The van der Waals surface area contributed by atoms with Gasteiger partial charge in [0.2, 0.25) is 5.91 Å². The number of urea groups is 1. The van der Waals surface area contributed by atoms with E-state index in [-0.39, 0.29) is 24.3 Å². The molecule has 0 saturated heterocycles. The van der Waals surface area contributed by atoms with Crippen molar-refractivity contribution >= 4 is 11.9 Å². The molecule has 0 aromatic heterocycles. The smallest absolute Gasteiger partial charge is 0.317 e. The highest BCUT2D eigenvalue weighted by atomic mass is 16.2. The number of carbonyl (C=O) groups excluding carboxylic acids is 2. The maximum Gasteiger partial charge on any atom is 0.317 e. The Balaban J connectivity index is 1.71. The number of hydrogen-bond acceptors (Lipinski definition) is 2. The monoisotopic (exact) mass is 381 g/mol. The van der Waals surface area contributed by atoms with Crippen LogP contribution >= 0.6 is 0 Å². The fraction of sp³-hybridized carbons (Fsp3) is 0.391. The van der Waals surface area contributed by atoms with Crippen LogP contribution in [0.3, 0.4) is 0 Å². The molecule has 0 aliphatic heterocycles. The van der Waals surface area contributed by atoms with E-state index in [1.807, 2.05) is 48.5 Å². The molecule has 3 amide bonds. The Bertz CT molecular complexity index is 732. The molecule has 0 saturated carbocycles. The molecule has 150 valence electrons. The molecule has 1 unspecified atom stereocenters. The zero-order chi connectivity index (χ0) is 20.4. The molecule has 0 radical (unpaired) electrons. The minimum Gasteiger partial charge on any atom is -0.355 e. The SMILES string of the molecule is CC(C)C(CNC(=O)CCNC(=O)N(C)Cc1ccccc1)c1ccccc1. The lowest BCUT2D eigenvalue weighted by molar-refractivity contribution is -0.121. The summed E-state index contributed by atoms with van der Waals surface area (Å²) in [6.45, 7) is 5.77. The predicted octanol–water partition coefficient (Wildman–Crippen LogP) is 3.77. The van der Waals surface area contributed by atoms with Gasteiger partial charge in [-0.15, -0.1) is 0 Å². The van der Waals surface area contributed by atoms with E-state index in [1.165, 1.54) is 5.56 Å². The van der Waals surface area contributed by atoms with Crippen LogP contribution < -0.4 is 10.6 Å². The first-order chi connectivity index (χ1) is 13.5. The zero-order valence-electron chi connectivity index (χ0n) is 17.0. The van der Waals surface area contributed by atoms with E-state index in [9.17, 15) is 9.59 Å². The van der Waals surface area contributed by atoms with Crippen molar-refractivity contribution in [1.29, 1.82) is 0 Å². The molecule has 2 rings (SSSR count). The van der Waals surface area contributed by atoms with E-state index >= 15 is 0 Å². The normalized spacial score (nSPS) is 11.7. The predicted molar refractivity (Wildman–Crippen MR) is 113 cm³/mol. The Morgan fingerprint density at radius 2 is 1.54 bits per heavy atom. The van der Waals surface area contributed by atoms with Crippen LogP contribution in [0.1, 0.15) is 37.3 Å². The third kappa shape index (κ3) is 7.06. The highest BCUT2D eigenvalue weighted by Crippen LogP contribution is 2.23. The summed E-state index contributed by atoms with van der Waals surface area (Å²) >= 11 is 0. The molecule has 5 heteroatoms. The number of amides is 3. The lowest BCUT2D eigenvalue weighted by Crippen LogP contribution is -2.39. The summed E-state index contributed by atoms with van der Waals surface area (Å²) in [5, 5.41) is 5.80. The third-order valence-electron chi connectivity index (χ3n) is 4.79. The quantitative estimate of drug-likeness (QED) is 0.694. The van der Waals surface area contributed by atoms with E-state index in [0.717, 1.165) is 5.56 Å². The number of hydrogen-bond donors (Lipinski definition) is 2. The van der Waals surface area contributed by atoms with Crippen molar-refractivity contribution in [1.82, 2.24) is 15.5 Å². The lowest BCUT2D eigenvalue weighted by atomic mass is 9.88. The average molecular weight is 382 g/mol. The Morgan fingerprint density at radius 1 is 0.929 bits per heavy atom. The fourth-order valence-electron chi connectivity index (χ4n) is 3.10. The number of carbonyl (C=O) groups is 2. The molecular weight excluding hydrogens is 350 g/mol. The van der Waals surface area contributed by atoms with Gasteiger partial charge < -0.3 is 15.5 Å². The van der Waals surface area contributed by atoms with Crippen LogP contribution in [0, 0.1) is 5.92 Å². The second kappa shape index (κ2) is 11.1. The molecule has 0 spiro atoms. The van der Waals surface area contributed by atoms with Gasteiger partial charge in [0.05, 0.1) is 0 Å². The molecule has 2 N–H and O–H groups in total. The van der Waals surface area contributed by atoms with Crippen molar-refractivity contribution in [3.8, 4) is 0 Å². The van der Waals surface area contributed by atoms with Gasteiger partial charge in [0.15, 0.2) is 0 Å². The number of benzene rings is 2. The van der Waals surface area contributed by atoms with Crippen LogP contribution in [-0.4, -0.2) is 37.0 Å². The average Bonchev–Trinajstić information content (AvgIpc) is 2.69. The Morgan fingerprint density at radius 3 is 2.14 bits per heavy atom. The van der Waals surface area contributed by atoms with Crippen molar-refractivity contribution in [2.45, 2.75) is 32.7 Å². The highest BCUT2D eigenvalue weighted by molar-refractivity contribution is 5.78. The number of nitrogens with zero attached hydrogens (tertiary/aromatic N) is 1. The van der Waals surface area contributed by atoms with Gasteiger partial charge in [-0.25, -0.2) is 4.79 Å². The van der Waals surface area contributed by atoms with Crippen LogP contribution in [-0.2, 0) is 11.3 Å². The molecule has 28 heavy (non-hydrogen) atoms. The molecule has 0 fully saturated rings. The largest absolute Gasteiger partial charge is 0.355 e. The molecule has 5 nitrogen and oxygen atoms in total. The molecule has 2 aromatic carbocycles. The summed E-state index contributed by atoms with van der Waals surface area (Å²) in [6.07, 6.45) is 0.268. The second-order valence-corrected chi connectivity index (χ2v) is 7.39. The van der Waals surface area contributed by atoms with Crippen LogP contribution in [0.2, 0.25) is 0 Å². The van der Waals surface area contributed by atoms with Gasteiger partial charge in [0.25, 0.3) is 0 Å². The first kappa shape index (κ1) is 21.5. The van der Waals surface area contributed by atoms with Crippen molar-refractivity contribution in [3.63, 3.8) is 0 Å². The maximum absolute atomic E-state index is 12.2. The molecule has 2 aromatic rings. The molecule has 0 bridgehead atoms. The summed E-state index contributed by atoms with van der Waals surface area (Å²) in [5.41, 5.74) is 2.30. The van der Waals surface area contributed by atoms with Crippen molar-refractivity contribution < 1.29 is 9.59 Å². The number of rotatable bonds is 9. The van der Waals surface area contributed by atoms with Crippen molar-refractivity contribution in [2.75, 3.05) is 20.1 Å². The third-order valence-corrected chi connectivity index (χ3v) is 4.79. The minimum absolute atomic E-state index is 0.0485. The topological polar surface area (TPSA) is 61.4 Å². The van der Waals surface area contributed by atoms with Crippen LogP contribution in [0.4, 0.5) is 4.79 Å². The number of nitrogens with one attached hydrogen (secondary N) is 2. The van der Waals surface area contributed by atoms with Gasteiger partial charge in [0, 0.05) is 39.0 Å². The van der Waals surface area contributed by atoms with E-state index < -0.39 is 0 Å². The van der Waals surface area contributed by atoms with Gasteiger partial charge >= 0.3 is 6.03 Å². The summed E-state index contributed by atoms with van der Waals surface area (Å²) in [5.74, 6) is 0.651. The van der Waals surface area contributed by atoms with Crippen molar-refractivity contribution in [2.24, 2.45) is 5.92 Å². The summed E-state index contributed by atoms with van der Waals surface area (Å²) in [7, 11) is 1.75. The fourth-order valence-corrected chi connectivity index (χ4v) is 3.10.